The standard InChI is InChI=1S/C16H32N6/c1-19-11-7-12-20(2)15(19)17-9-5-6-10-18-16-21(3)13-8-14-22(16)4/h5-14H2,1-4H3. The predicted octanol–water partition coefficient (Wildman–Crippen LogP) is 1.01. The van der Waals surface area contributed by atoms with E-state index >= 15 is 0 Å². The average Bonchev–Trinajstić information content (AvgIpc) is 2.47. The van der Waals surface area contributed by atoms with Gasteiger partial charge in [0, 0.05) is 67.5 Å². The monoisotopic (exact) mass is 308 g/mol. The van der Waals surface area contributed by atoms with Gasteiger partial charge in [0.25, 0.3) is 0 Å². The van der Waals surface area contributed by atoms with Crippen LogP contribution in [-0.2, 0) is 0 Å². The molecule has 22 heavy (non-hydrogen) atoms. The van der Waals surface area contributed by atoms with Crippen molar-refractivity contribution in [3.05, 3.63) is 0 Å². The molecule has 0 bridgehead atoms. The summed E-state index contributed by atoms with van der Waals surface area (Å²) in [6, 6.07) is 0. The molecular formula is C16H32N6. The van der Waals surface area contributed by atoms with Crippen LogP contribution >= 0.6 is 0 Å². The molecule has 0 aromatic rings. The second-order valence-corrected chi connectivity index (χ2v) is 6.46. The van der Waals surface area contributed by atoms with E-state index < -0.39 is 0 Å². The number of unbranched alkanes of at least 4 members (excludes halogenated alkanes) is 1. The zero-order valence-electron chi connectivity index (χ0n) is 14.8. The van der Waals surface area contributed by atoms with Crippen molar-refractivity contribution in [2.45, 2.75) is 25.7 Å². The maximum absolute atomic E-state index is 4.76. The molecule has 0 spiro atoms. The number of nitrogens with zero attached hydrogens (tertiary/aromatic N) is 6. The van der Waals surface area contributed by atoms with Crippen LogP contribution in [0.1, 0.15) is 25.7 Å². The Hall–Kier alpha value is -1.46. The molecule has 0 saturated carbocycles. The maximum Gasteiger partial charge on any atom is 0.196 e. The van der Waals surface area contributed by atoms with E-state index in [4.69, 9.17) is 9.98 Å². The molecule has 6 nitrogen and oxygen atoms in total. The van der Waals surface area contributed by atoms with E-state index in [0.717, 1.165) is 64.0 Å². The molecule has 6 heteroatoms. The lowest BCUT2D eigenvalue weighted by Gasteiger charge is -2.34. The summed E-state index contributed by atoms with van der Waals surface area (Å²) in [5.74, 6) is 2.29. The summed E-state index contributed by atoms with van der Waals surface area (Å²) >= 11 is 0. The third-order valence-corrected chi connectivity index (χ3v) is 4.41. The molecule has 0 aromatic carbocycles. The van der Waals surface area contributed by atoms with Gasteiger partial charge in [-0.15, -0.1) is 0 Å². The SMILES string of the molecule is CN1CCCN(C)C1=NCCCCN=C1N(C)CCCN1C. The van der Waals surface area contributed by atoms with Crippen LogP contribution in [0.5, 0.6) is 0 Å². The van der Waals surface area contributed by atoms with Gasteiger partial charge in [0.15, 0.2) is 11.9 Å². The van der Waals surface area contributed by atoms with Gasteiger partial charge in [-0.25, -0.2) is 0 Å². The van der Waals surface area contributed by atoms with E-state index in [-0.39, 0.29) is 0 Å². The molecule has 2 aliphatic rings. The molecule has 0 aromatic heterocycles. The maximum atomic E-state index is 4.76. The van der Waals surface area contributed by atoms with E-state index in [1.807, 2.05) is 0 Å². The van der Waals surface area contributed by atoms with Crippen molar-refractivity contribution < 1.29 is 0 Å². The van der Waals surface area contributed by atoms with Crippen LogP contribution < -0.4 is 0 Å². The highest BCUT2D eigenvalue weighted by atomic mass is 15.4. The lowest BCUT2D eigenvalue weighted by atomic mass is 10.3. The van der Waals surface area contributed by atoms with Crippen molar-refractivity contribution in [1.29, 1.82) is 0 Å². The molecule has 0 aliphatic carbocycles. The minimum atomic E-state index is 0.903. The summed E-state index contributed by atoms with van der Waals surface area (Å²) < 4.78 is 0. The molecule has 2 aliphatic heterocycles. The van der Waals surface area contributed by atoms with E-state index in [9.17, 15) is 0 Å². The molecule has 0 N–H and O–H groups in total. The Labute approximate surface area is 135 Å². The number of hydrogen-bond donors (Lipinski definition) is 0. The van der Waals surface area contributed by atoms with Crippen molar-refractivity contribution in [2.24, 2.45) is 9.98 Å². The summed E-state index contributed by atoms with van der Waals surface area (Å²) in [5.41, 5.74) is 0. The summed E-state index contributed by atoms with van der Waals surface area (Å²) in [5, 5.41) is 0. The molecule has 0 radical (unpaired) electrons. The Morgan fingerprint density at radius 2 is 0.955 bits per heavy atom. The third kappa shape index (κ3) is 4.52. The molecule has 2 heterocycles. The second kappa shape index (κ2) is 8.25. The van der Waals surface area contributed by atoms with E-state index in [1.54, 1.807) is 0 Å². The van der Waals surface area contributed by atoms with Gasteiger partial charge in [0.1, 0.15) is 0 Å². The summed E-state index contributed by atoms with van der Waals surface area (Å²) in [4.78, 5) is 18.6. The highest BCUT2D eigenvalue weighted by Crippen LogP contribution is 2.07. The third-order valence-electron chi connectivity index (χ3n) is 4.41. The fourth-order valence-electron chi connectivity index (χ4n) is 3.14. The van der Waals surface area contributed by atoms with E-state index in [2.05, 4.69) is 47.8 Å². The first-order chi connectivity index (χ1) is 10.6. The fourth-order valence-corrected chi connectivity index (χ4v) is 3.14. The highest BCUT2D eigenvalue weighted by Gasteiger charge is 2.17. The second-order valence-electron chi connectivity index (χ2n) is 6.46. The fraction of sp³-hybridized carbons (Fsp3) is 0.875. The van der Waals surface area contributed by atoms with Crippen LogP contribution in [0.15, 0.2) is 9.98 Å². The van der Waals surface area contributed by atoms with Crippen LogP contribution in [0.3, 0.4) is 0 Å². The largest absolute Gasteiger partial charge is 0.346 e. The Bertz CT molecular complexity index is 343. The zero-order chi connectivity index (χ0) is 15.9. The van der Waals surface area contributed by atoms with Crippen LogP contribution in [-0.4, -0.2) is 99.0 Å². The van der Waals surface area contributed by atoms with Gasteiger partial charge in [0.2, 0.25) is 0 Å². The smallest absolute Gasteiger partial charge is 0.196 e. The van der Waals surface area contributed by atoms with Crippen LogP contribution in [0.25, 0.3) is 0 Å². The summed E-state index contributed by atoms with van der Waals surface area (Å²) in [6.45, 7) is 6.29. The quantitative estimate of drug-likeness (QED) is 0.711. The van der Waals surface area contributed by atoms with Crippen LogP contribution in [0.2, 0.25) is 0 Å². The van der Waals surface area contributed by atoms with Gasteiger partial charge in [-0.1, -0.05) is 0 Å². The zero-order valence-corrected chi connectivity index (χ0v) is 14.8. The number of rotatable bonds is 5. The summed E-state index contributed by atoms with van der Waals surface area (Å²) in [7, 11) is 8.54. The molecule has 0 atom stereocenters. The molecule has 2 fully saturated rings. The first-order valence-electron chi connectivity index (χ1n) is 8.53. The lowest BCUT2D eigenvalue weighted by Crippen LogP contribution is -2.46. The molecule has 0 amide bonds. The predicted molar refractivity (Wildman–Crippen MR) is 93.6 cm³/mol. The Morgan fingerprint density at radius 1 is 0.636 bits per heavy atom. The van der Waals surface area contributed by atoms with Gasteiger partial charge in [0.05, 0.1) is 0 Å². The van der Waals surface area contributed by atoms with E-state index in [1.165, 1.54) is 12.8 Å². The summed E-state index contributed by atoms with van der Waals surface area (Å²) in [6.07, 6.45) is 4.67. The van der Waals surface area contributed by atoms with Gasteiger partial charge >= 0.3 is 0 Å². The Kier molecular flexibility index (Phi) is 6.34. The minimum absolute atomic E-state index is 0.903. The number of aliphatic imine (C=N–C) groups is 2. The van der Waals surface area contributed by atoms with Crippen LogP contribution in [0.4, 0.5) is 0 Å². The van der Waals surface area contributed by atoms with Crippen molar-refractivity contribution in [3.63, 3.8) is 0 Å². The Morgan fingerprint density at radius 3 is 1.27 bits per heavy atom. The van der Waals surface area contributed by atoms with Crippen LogP contribution in [0, 0.1) is 0 Å². The first kappa shape index (κ1) is 16.9. The van der Waals surface area contributed by atoms with Crippen molar-refractivity contribution in [2.75, 3.05) is 67.5 Å². The van der Waals surface area contributed by atoms with Crippen molar-refractivity contribution >= 4 is 11.9 Å². The van der Waals surface area contributed by atoms with Crippen molar-refractivity contribution in [1.82, 2.24) is 19.6 Å². The van der Waals surface area contributed by atoms with E-state index in [0.29, 0.717) is 0 Å². The topological polar surface area (TPSA) is 37.7 Å². The first-order valence-corrected chi connectivity index (χ1v) is 8.53. The molecular weight excluding hydrogens is 276 g/mol. The van der Waals surface area contributed by atoms with Gasteiger partial charge < -0.3 is 19.6 Å². The van der Waals surface area contributed by atoms with Gasteiger partial charge in [-0.2, -0.15) is 0 Å². The molecule has 2 saturated heterocycles. The number of hydrogen-bond acceptors (Lipinski definition) is 2. The normalized spacial score (nSPS) is 19.8. The Balaban J connectivity index is 1.70. The van der Waals surface area contributed by atoms with Gasteiger partial charge in [-0.05, 0) is 25.7 Å². The lowest BCUT2D eigenvalue weighted by molar-refractivity contribution is 0.315. The molecule has 126 valence electrons. The molecule has 0 unspecified atom stereocenters. The average molecular weight is 308 g/mol. The molecule has 2 rings (SSSR count). The van der Waals surface area contributed by atoms with Crippen molar-refractivity contribution in [3.8, 4) is 0 Å². The highest BCUT2D eigenvalue weighted by molar-refractivity contribution is 5.80. The van der Waals surface area contributed by atoms with Gasteiger partial charge in [-0.3, -0.25) is 9.98 Å². The number of guanidine groups is 2. The minimum Gasteiger partial charge on any atom is -0.346 e.